The van der Waals surface area contributed by atoms with Crippen LogP contribution in [0.5, 0.6) is 0 Å². The van der Waals surface area contributed by atoms with Crippen LogP contribution in [0.25, 0.3) is 0 Å². The normalized spacial score (nSPS) is 12.4. The van der Waals surface area contributed by atoms with Gasteiger partial charge in [-0.15, -0.1) is 0 Å². The average molecular weight is 185 g/mol. The van der Waals surface area contributed by atoms with E-state index in [-0.39, 0.29) is 23.4 Å². The Bertz CT molecular complexity index is 177. The van der Waals surface area contributed by atoms with E-state index in [9.17, 15) is 4.79 Å². The number of nitrogens with zero attached hydrogens (tertiary/aromatic N) is 1. The van der Waals surface area contributed by atoms with Gasteiger partial charge < -0.3 is 4.90 Å². The highest BCUT2D eigenvalue weighted by Crippen LogP contribution is 2.19. The molecule has 0 heterocycles. The number of hydrogen-bond donors (Lipinski definition) is 0. The van der Waals surface area contributed by atoms with Crippen molar-refractivity contribution in [3.63, 3.8) is 0 Å². The summed E-state index contributed by atoms with van der Waals surface area (Å²) in [6.45, 7) is 14.2. The van der Waals surface area contributed by atoms with Crippen molar-refractivity contribution in [2.75, 3.05) is 0 Å². The summed E-state index contributed by atoms with van der Waals surface area (Å²) in [5, 5.41) is 0. The molecule has 0 aromatic heterocycles. The molecular formula is C11H23NO. The van der Waals surface area contributed by atoms with Crippen molar-refractivity contribution in [2.45, 2.75) is 60.0 Å². The van der Waals surface area contributed by atoms with Crippen molar-refractivity contribution in [1.82, 2.24) is 4.90 Å². The van der Waals surface area contributed by atoms with Gasteiger partial charge in [0.1, 0.15) is 0 Å². The van der Waals surface area contributed by atoms with Crippen molar-refractivity contribution >= 4 is 5.91 Å². The van der Waals surface area contributed by atoms with Gasteiger partial charge in [-0.25, -0.2) is 0 Å². The molecule has 0 aliphatic rings. The Labute approximate surface area is 82.3 Å². The molecule has 0 bridgehead atoms. The quantitative estimate of drug-likeness (QED) is 0.647. The Balaban J connectivity index is 4.73. The number of rotatable bonds is 2. The van der Waals surface area contributed by atoms with E-state index in [0.717, 1.165) is 0 Å². The topological polar surface area (TPSA) is 20.3 Å². The summed E-state index contributed by atoms with van der Waals surface area (Å²) in [5.74, 6) is 0.323. The lowest BCUT2D eigenvalue weighted by molar-refractivity contribution is -0.141. The minimum Gasteiger partial charge on any atom is -0.335 e. The Hall–Kier alpha value is -0.530. The fourth-order valence-corrected chi connectivity index (χ4v) is 1.64. The summed E-state index contributed by atoms with van der Waals surface area (Å²) in [6, 6.07) is 0.273. The van der Waals surface area contributed by atoms with Gasteiger partial charge in [-0.1, -0.05) is 13.8 Å². The monoisotopic (exact) mass is 185 g/mol. The summed E-state index contributed by atoms with van der Waals surface area (Å²) >= 11 is 0. The second-order valence-electron chi connectivity index (χ2n) is 5.13. The molecule has 0 saturated heterocycles. The van der Waals surface area contributed by atoms with E-state index in [1.54, 1.807) is 0 Å². The SMILES string of the molecule is CC(C)C(=O)N(C(C)C)C(C)(C)C. The van der Waals surface area contributed by atoms with Gasteiger partial charge in [0.25, 0.3) is 0 Å². The molecule has 0 radical (unpaired) electrons. The maximum absolute atomic E-state index is 11.9. The van der Waals surface area contributed by atoms with Crippen LogP contribution in [0.1, 0.15) is 48.5 Å². The van der Waals surface area contributed by atoms with Crippen LogP contribution in [-0.2, 0) is 4.79 Å². The molecule has 0 atom stereocenters. The van der Waals surface area contributed by atoms with E-state index in [2.05, 4.69) is 34.6 Å². The van der Waals surface area contributed by atoms with Gasteiger partial charge in [0.2, 0.25) is 5.91 Å². The molecule has 13 heavy (non-hydrogen) atoms. The Morgan fingerprint density at radius 2 is 1.46 bits per heavy atom. The number of hydrogen-bond acceptors (Lipinski definition) is 1. The van der Waals surface area contributed by atoms with Gasteiger partial charge in [0.15, 0.2) is 0 Å². The first-order valence-corrected chi connectivity index (χ1v) is 5.01. The van der Waals surface area contributed by atoms with Crippen LogP contribution in [0.15, 0.2) is 0 Å². The molecule has 0 saturated carbocycles. The molecule has 0 aromatic carbocycles. The second-order valence-corrected chi connectivity index (χ2v) is 5.13. The van der Waals surface area contributed by atoms with Crippen molar-refractivity contribution in [1.29, 1.82) is 0 Å². The van der Waals surface area contributed by atoms with E-state index in [0.29, 0.717) is 0 Å². The molecule has 78 valence electrons. The molecule has 2 heteroatoms. The first-order valence-electron chi connectivity index (χ1n) is 5.01. The Morgan fingerprint density at radius 1 is 1.08 bits per heavy atom. The fraction of sp³-hybridized carbons (Fsp3) is 0.909. The van der Waals surface area contributed by atoms with Crippen molar-refractivity contribution in [3.8, 4) is 0 Å². The van der Waals surface area contributed by atoms with Crippen molar-refractivity contribution in [3.05, 3.63) is 0 Å². The molecule has 0 fully saturated rings. The summed E-state index contributed by atoms with van der Waals surface area (Å²) in [5.41, 5.74) is -0.0739. The standard InChI is InChI=1S/C11H23NO/c1-8(2)10(13)12(9(3)4)11(5,6)7/h8-9H,1-7H3. The maximum atomic E-state index is 11.9. The summed E-state index contributed by atoms with van der Waals surface area (Å²) in [6.07, 6.45) is 0. The summed E-state index contributed by atoms with van der Waals surface area (Å²) < 4.78 is 0. The first kappa shape index (κ1) is 12.5. The third-order valence-corrected chi connectivity index (χ3v) is 1.97. The van der Waals surface area contributed by atoms with Crippen LogP contribution in [0.4, 0.5) is 0 Å². The van der Waals surface area contributed by atoms with Crippen LogP contribution in [-0.4, -0.2) is 22.4 Å². The molecular weight excluding hydrogens is 162 g/mol. The molecule has 2 nitrogen and oxygen atoms in total. The zero-order valence-electron chi connectivity index (χ0n) is 10.0. The molecule has 0 spiro atoms. The highest BCUT2D eigenvalue weighted by molar-refractivity contribution is 5.79. The molecule has 0 aliphatic heterocycles. The minimum atomic E-state index is -0.0739. The van der Waals surface area contributed by atoms with E-state index in [1.165, 1.54) is 0 Å². The molecule has 0 N–H and O–H groups in total. The minimum absolute atomic E-state index is 0.0739. The smallest absolute Gasteiger partial charge is 0.225 e. The second kappa shape index (κ2) is 4.12. The first-order chi connectivity index (χ1) is 5.68. The highest BCUT2D eigenvalue weighted by atomic mass is 16.2. The molecule has 0 rings (SSSR count). The van der Waals surface area contributed by atoms with E-state index < -0.39 is 0 Å². The average Bonchev–Trinajstić information content (AvgIpc) is 1.82. The maximum Gasteiger partial charge on any atom is 0.225 e. The highest BCUT2D eigenvalue weighted by Gasteiger charge is 2.29. The lowest BCUT2D eigenvalue weighted by Crippen LogP contribution is -2.51. The van der Waals surface area contributed by atoms with Crippen LogP contribution >= 0.6 is 0 Å². The lowest BCUT2D eigenvalue weighted by atomic mass is 10.0. The third kappa shape index (κ3) is 3.37. The fourth-order valence-electron chi connectivity index (χ4n) is 1.64. The predicted octanol–water partition coefficient (Wildman–Crippen LogP) is 2.68. The van der Waals surface area contributed by atoms with Gasteiger partial charge in [-0.2, -0.15) is 0 Å². The molecule has 0 aliphatic carbocycles. The Kier molecular flexibility index (Phi) is 3.95. The van der Waals surface area contributed by atoms with Crippen molar-refractivity contribution < 1.29 is 4.79 Å². The molecule has 0 unspecified atom stereocenters. The zero-order valence-corrected chi connectivity index (χ0v) is 10.0. The van der Waals surface area contributed by atoms with Crippen LogP contribution in [0.2, 0.25) is 0 Å². The van der Waals surface area contributed by atoms with E-state index >= 15 is 0 Å². The number of carbonyl (C=O) groups excluding carboxylic acids is 1. The third-order valence-electron chi connectivity index (χ3n) is 1.97. The van der Waals surface area contributed by atoms with Gasteiger partial charge in [0, 0.05) is 17.5 Å². The van der Waals surface area contributed by atoms with Gasteiger partial charge >= 0.3 is 0 Å². The van der Waals surface area contributed by atoms with Crippen LogP contribution < -0.4 is 0 Å². The number of carbonyl (C=O) groups is 1. The lowest BCUT2D eigenvalue weighted by Gasteiger charge is -2.40. The van der Waals surface area contributed by atoms with Crippen LogP contribution in [0, 0.1) is 5.92 Å². The Morgan fingerprint density at radius 3 is 1.54 bits per heavy atom. The zero-order chi connectivity index (χ0) is 10.8. The number of amides is 1. The predicted molar refractivity (Wildman–Crippen MR) is 56.6 cm³/mol. The van der Waals surface area contributed by atoms with E-state index in [4.69, 9.17) is 0 Å². The summed E-state index contributed by atoms with van der Waals surface area (Å²) in [4.78, 5) is 13.8. The molecule has 1 amide bonds. The molecule has 0 aromatic rings. The van der Waals surface area contributed by atoms with Gasteiger partial charge in [0.05, 0.1) is 0 Å². The van der Waals surface area contributed by atoms with Crippen LogP contribution in [0.3, 0.4) is 0 Å². The van der Waals surface area contributed by atoms with E-state index in [1.807, 2.05) is 18.7 Å². The van der Waals surface area contributed by atoms with Crippen molar-refractivity contribution in [2.24, 2.45) is 5.92 Å². The van der Waals surface area contributed by atoms with Gasteiger partial charge in [-0.3, -0.25) is 4.79 Å². The largest absolute Gasteiger partial charge is 0.335 e. The van der Waals surface area contributed by atoms with Gasteiger partial charge in [-0.05, 0) is 34.6 Å². The summed E-state index contributed by atoms with van der Waals surface area (Å²) in [7, 11) is 0.